The average molecular weight is 345 g/mol. The minimum atomic E-state index is -0.482. The van der Waals surface area contributed by atoms with Crippen molar-refractivity contribution >= 4 is 36.9 Å². The molecule has 19 heavy (non-hydrogen) atoms. The van der Waals surface area contributed by atoms with Gasteiger partial charge in [0.2, 0.25) is 0 Å². The number of ether oxygens (including phenoxy) is 1. The van der Waals surface area contributed by atoms with Gasteiger partial charge in [0.15, 0.2) is 0 Å². The first-order chi connectivity index (χ1) is 8.88. The van der Waals surface area contributed by atoms with Crippen molar-refractivity contribution in [2.75, 3.05) is 31.1 Å². The van der Waals surface area contributed by atoms with Gasteiger partial charge in [-0.1, -0.05) is 6.07 Å². The van der Waals surface area contributed by atoms with Crippen molar-refractivity contribution in [3.8, 4) is 0 Å². The summed E-state index contributed by atoms with van der Waals surface area (Å²) >= 11 is 3.61. The molecule has 0 spiro atoms. The van der Waals surface area contributed by atoms with Gasteiger partial charge in [0.1, 0.15) is 6.73 Å². The van der Waals surface area contributed by atoms with Gasteiger partial charge < -0.3 is 4.74 Å². The maximum Gasteiger partial charge on any atom is 0.140 e. The Morgan fingerprint density at radius 2 is 2.05 bits per heavy atom. The quantitative estimate of drug-likeness (QED) is 0.772. The molecule has 0 unspecified atom stereocenters. The van der Waals surface area contributed by atoms with Crippen molar-refractivity contribution in [3.63, 3.8) is 0 Å². The lowest BCUT2D eigenvalue weighted by molar-refractivity contribution is 0.0841. The number of hydrogen-bond acceptors (Lipinski definition) is 2. The van der Waals surface area contributed by atoms with Crippen LogP contribution in [-0.4, -0.2) is 40.9 Å². The van der Waals surface area contributed by atoms with Crippen molar-refractivity contribution in [1.29, 1.82) is 0 Å². The topological polar surface area (TPSA) is 27.1 Å². The zero-order chi connectivity index (χ0) is 14.0. The number of aryl methyl sites for hydroxylation is 1. The van der Waals surface area contributed by atoms with Crippen molar-refractivity contribution < 1.29 is 4.74 Å². The second-order valence-electron chi connectivity index (χ2n) is 5.61. The standard InChI is InChI=1S/C14H21BrN2OS/c1-11-5-6-13-12(14(11)15)9-16-17(13)10-18-7-8-19(2,3)4/h5-6,9H,7-8,10H2,1-4H3. The van der Waals surface area contributed by atoms with Crippen LogP contribution in [0.15, 0.2) is 22.8 Å². The lowest BCUT2D eigenvalue weighted by atomic mass is 10.2. The first kappa shape index (κ1) is 14.9. The summed E-state index contributed by atoms with van der Waals surface area (Å²) in [4.78, 5) is 0. The molecule has 3 nitrogen and oxygen atoms in total. The van der Waals surface area contributed by atoms with E-state index in [1.807, 2.05) is 10.9 Å². The lowest BCUT2D eigenvalue weighted by Gasteiger charge is -2.24. The number of fused-ring (bicyclic) bond motifs is 1. The van der Waals surface area contributed by atoms with Crippen LogP contribution in [0.25, 0.3) is 10.9 Å². The number of halogens is 1. The third-order valence-corrected chi connectivity index (χ3v) is 5.45. The molecule has 2 aromatic rings. The molecule has 0 amide bonds. The van der Waals surface area contributed by atoms with E-state index in [2.05, 4.69) is 58.9 Å². The number of aromatic nitrogens is 2. The molecular formula is C14H21BrN2OS. The fraction of sp³-hybridized carbons (Fsp3) is 0.500. The van der Waals surface area contributed by atoms with Crippen LogP contribution in [0.5, 0.6) is 0 Å². The van der Waals surface area contributed by atoms with Gasteiger partial charge in [-0.3, -0.25) is 0 Å². The van der Waals surface area contributed by atoms with E-state index < -0.39 is 10.0 Å². The summed E-state index contributed by atoms with van der Waals surface area (Å²) in [6, 6.07) is 4.20. The monoisotopic (exact) mass is 344 g/mol. The molecule has 5 heteroatoms. The minimum Gasteiger partial charge on any atom is -0.358 e. The third-order valence-electron chi connectivity index (χ3n) is 3.01. The van der Waals surface area contributed by atoms with E-state index in [1.165, 1.54) is 5.56 Å². The maximum absolute atomic E-state index is 5.74. The van der Waals surface area contributed by atoms with Crippen LogP contribution in [0.2, 0.25) is 0 Å². The van der Waals surface area contributed by atoms with Gasteiger partial charge in [-0.15, -0.1) is 0 Å². The van der Waals surface area contributed by atoms with E-state index in [4.69, 9.17) is 4.74 Å². The van der Waals surface area contributed by atoms with Crippen LogP contribution in [0, 0.1) is 6.92 Å². The van der Waals surface area contributed by atoms with Crippen molar-refractivity contribution in [2.24, 2.45) is 0 Å². The Hall–Kier alpha value is -0.520. The summed E-state index contributed by atoms with van der Waals surface area (Å²) in [5.74, 6) is 1.13. The van der Waals surface area contributed by atoms with E-state index in [0.29, 0.717) is 6.73 Å². The molecular weight excluding hydrogens is 324 g/mol. The van der Waals surface area contributed by atoms with Crippen molar-refractivity contribution in [1.82, 2.24) is 9.78 Å². The van der Waals surface area contributed by atoms with Gasteiger partial charge >= 0.3 is 0 Å². The summed E-state index contributed by atoms with van der Waals surface area (Å²) in [6.45, 7) is 3.41. The highest BCUT2D eigenvalue weighted by molar-refractivity contribution is 9.10. The summed E-state index contributed by atoms with van der Waals surface area (Å²) in [6.07, 6.45) is 8.81. The first-order valence-electron chi connectivity index (χ1n) is 6.23. The van der Waals surface area contributed by atoms with Crippen LogP contribution in [-0.2, 0) is 11.5 Å². The highest BCUT2D eigenvalue weighted by atomic mass is 79.9. The second-order valence-corrected chi connectivity index (χ2v) is 11.0. The fourth-order valence-corrected chi connectivity index (χ4v) is 2.85. The lowest BCUT2D eigenvalue weighted by Crippen LogP contribution is -2.10. The molecule has 106 valence electrons. The van der Waals surface area contributed by atoms with Gasteiger partial charge in [0, 0.05) is 15.6 Å². The number of benzene rings is 1. The molecule has 0 saturated heterocycles. The minimum absolute atomic E-state index is 0.482. The normalized spacial score (nSPS) is 13.1. The summed E-state index contributed by atoms with van der Waals surface area (Å²) in [7, 11) is -0.482. The molecule has 1 aromatic heterocycles. The van der Waals surface area contributed by atoms with Crippen LogP contribution in [0.1, 0.15) is 5.56 Å². The fourth-order valence-electron chi connectivity index (χ4n) is 1.79. The molecule has 0 N–H and O–H groups in total. The van der Waals surface area contributed by atoms with Crippen molar-refractivity contribution in [2.45, 2.75) is 13.7 Å². The maximum atomic E-state index is 5.74. The van der Waals surface area contributed by atoms with E-state index in [9.17, 15) is 0 Å². The molecule has 0 radical (unpaired) electrons. The zero-order valence-electron chi connectivity index (χ0n) is 11.9. The zero-order valence-corrected chi connectivity index (χ0v) is 14.3. The Bertz CT molecular complexity index is 575. The van der Waals surface area contributed by atoms with E-state index in [0.717, 1.165) is 27.7 Å². The highest BCUT2D eigenvalue weighted by Gasteiger charge is 2.08. The van der Waals surface area contributed by atoms with Gasteiger partial charge in [-0.25, -0.2) is 14.7 Å². The molecule has 0 fully saturated rings. The molecule has 0 aliphatic carbocycles. The molecule has 0 bridgehead atoms. The molecule has 1 aromatic carbocycles. The van der Waals surface area contributed by atoms with Crippen LogP contribution in [0.3, 0.4) is 0 Å². The van der Waals surface area contributed by atoms with Crippen LogP contribution >= 0.6 is 26.0 Å². The first-order valence-corrected chi connectivity index (χ1v) is 10.0. The van der Waals surface area contributed by atoms with Gasteiger partial charge in [-0.2, -0.15) is 5.10 Å². The number of nitrogens with zero attached hydrogens (tertiary/aromatic N) is 2. The molecule has 0 atom stereocenters. The highest BCUT2D eigenvalue weighted by Crippen LogP contribution is 2.33. The SMILES string of the molecule is Cc1ccc2c(cnn2COCCS(C)(C)C)c1Br. The molecule has 1 heterocycles. The van der Waals surface area contributed by atoms with E-state index in [1.54, 1.807) is 0 Å². The Labute approximate surface area is 124 Å². The van der Waals surface area contributed by atoms with Crippen LogP contribution < -0.4 is 0 Å². The van der Waals surface area contributed by atoms with Crippen LogP contribution in [0.4, 0.5) is 0 Å². The third kappa shape index (κ3) is 3.74. The van der Waals surface area contributed by atoms with E-state index >= 15 is 0 Å². The summed E-state index contributed by atoms with van der Waals surface area (Å²) < 4.78 is 8.77. The summed E-state index contributed by atoms with van der Waals surface area (Å²) in [5.41, 5.74) is 2.34. The predicted molar refractivity (Wildman–Crippen MR) is 88.4 cm³/mol. The second kappa shape index (κ2) is 5.85. The molecule has 2 rings (SSSR count). The Kier molecular flexibility index (Phi) is 4.58. The van der Waals surface area contributed by atoms with Crippen molar-refractivity contribution in [3.05, 3.63) is 28.4 Å². The predicted octanol–water partition coefficient (Wildman–Crippen LogP) is 3.78. The smallest absolute Gasteiger partial charge is 0.140 e. The Balaban J connectivity index is 2.04. The molecule has 0 aliphatic heterocycles. The Morgan fingerprint density at radius 3 is 2.74 bits per heavy atom. The van der Waals surface area contributed by atoms with Gasteiger partial charge in [0.25, 0.3) is 0 Å². The van der Waals surface area contributed by atoms with Gasteiger partial charge in [-0.05, 0) is 53.3 Å². The number of hydrogen-bond donors (Lipinski definition) is 0. The molecule has 0 aliphatic rings. The van der Waals surface area contributed by atoms with Gasteiger partial charge in [0.05, 0.1) is 18.3 Å². The largest absolute Gasteiger partial charge is 0.358 e. The average Bonchev–Trinajstić information content (AvgIpc) is 2.72. The summed E-state index contributed by atoms with van der Waals surface area (Å²) in [5, 5.41) is 5.54. The molecule has 0 saturated carbocycles. The van der Waals surface area contributed by atoms with E-state index in [-0.39, 0.29) is 0 Å². The Morgan fingerprint density at radius 1 is 1.32 bits per heavy atom. The number of rotatable bonds is 5.